The third-order valence-electron chi connectivity index (χ3n) is 2.23. The zero-order valence-electron chi connectivity index (χ0n) is 10.5. The molecule has 0 radical (unpaired) electrons. The number of non-ortho nitro benzene ring substituents is 1. The molecule has 0 saturated carbocycles. The second-order valence-corrected chi connectivity index (χ2v) is 6.16. The predicted molar refractivity (Wildman–Crippen MR) is 81.2 cm³/mol. The maximum absolute atomic E-state index is 12.1. The lowest BCUT2D eigenvalue weighted by atomic mass is 10.2. The molecule has 0 heterocycles. The van der Waals surface area contributed by atoms with Crippen LogP contribution in [0.3, 0.4) is 0 Å². The summed E-state index contributed by atoms with van der Waals surface area (Å²) in [5, 5.41) is 15.0. The summed E-state index contributed by atoms with van der Waals surface area (Å²) in [5.41, 5.74) is -0.365. The van der Waals surface area contributed by atoms with Crippen LogP contribution in [0.25, 0.3) is 0 Å². The summed E-state index contributed by atoms with van der Waals surface area (Å²) < 4.78 is 26.6. The van der Waals surface area contributed by atoms with Gasteiger partial charge in [-0.1, -0.05) is 0 Å². The van der Waals surface area contributed by atoms with Crippen molar-refractivity contribution in [3.63, 3.8) is 0 Å². The summed E-state index contributed by atoms with van der Waals surface area (Å²) in [6.07, 6.45) is 0. The predicted octanol–water partition coefficient (Wildman–Crippen LogP) is -0.178. The van der Waals surface area contributed by atoms with Crippen LogP contribution in [0, 0.1) is 10.1 Å². The molecule has 1 aromatic rings. The third-order valence-corrected chi connectivity index (χ3v) is 4.34. The molecule has 20 heavy (non-hydrogen) atoms. The van der Waals surface area contributed by atoms with Gasteiger partial charge < -0.3 is 0 Å². The zero-order valence-corrected chi connectivity index (χ0v) is 13.0. The van der Waals surface area contributed by atoms with Crippen molar-refractivity contribution >= 4 is 50.2 Å². The van der Waals surface area contributed by atoms with Crippen molar-refractivity contribution < 1.29 is 13.3 Å². The van der Waals surface area contributed by atoms with E-state index in [-0.39, 0.29) is 27.1 Å². The van der Waals surface area contributed by atoms with Crippen molar-refractivity contribution in [1.82, 2.24) is 4.72 Å². The number of nitro groups is 1. The highest BCUT2D eigenvalue weighted by Gasteiger charge is 2.21. The minimum atomic E-state index is -3.87. The molecule has 0 unspecified atom stereocenters. The number of thiocarbonyl (C=S) groups is 2. The van der Waals surface area contributed by atoms with E-state index in [0.29, 0.717) is 0 Å². The number of nitro benzene ring substituents is 1. The molecule has 0 saturated heterocycles. The number of hydrogen-bond donors (Lipinski definition) is 1. The molecule has 0 bridgehead atoms. The Balaban J connectivity index is 3.85. The largest absolute Gasteiger partial charge is 0.286 e. The molecule has 0 aliphatic rings. The van der Waals surface area contributed by atoms with Crippen molar-refractivity contribution in [2.45, 2.75) is 24.8 Å². The molecule has 1 N–H and O–H groups in total. The van der Waals surface area contributed by atoms with Gasteiger partial charge in [0.1, 0.15) is 5.22 Å². The Labute approximate surface area is 126 Å². The average molecular weight is 330 g/mol. The van der Waals surface area contributed by atoms with Crippen molar-refractivity contribution in [3.8, 4) is 0 Å². The molecule has 0 fully saturated rings. The van der Waals surface area contributed by atoms with Gasteiger partial charge in [0, 0.05) is 12.1 Å². The van der Waals surface area contributed by atoms with Crippen LogP contribution >= 0.6 is 24.4 Å². The molecule has 0 aliphatic carbocycles. The van der Waals surface area contributed by atoms with E-state index in [4.69, 9.17) is 0 Å². The fourth-order valence-electron chi connectivity index (χ4n) is 1.53. The van der Waals surface area contributed by atoms with E-state index in [1.165, 1.54) is 0 Å². The van der Waals surface area contributed by atoms with E-state index in [9.17, 15) is 18.5 Å². The van der Waals surface area contributed by atoms with Crippen molar-refractivity contribution in [3.05, 3.63) is 32.7 Å². The lowest BCUT2D eigenvalue weighted by Crippen LogP contribution is -2.39. The first-order valence-corrected chi connectivity index (χ1v) is 7.64. The van der Waals surface area contributed by atoms with Crippen molar-refractivity contribution in [2.75, 3.05) is 0 Å². The van der Waals surface area contributed by atoms with Crippen LogP contribution in [0.4, 0.5) is 5.69 Å². The highest BCUT2D eigenvalue weighted by Crippen LogP contribution is 2.07. The van der Waals surface area contributed by atoms with Gasteiger partial charge in [-0.3, -0.25) is 10.1 Å². The van der Waals surface area contributed by atoms with Gasteiger partial charge in [-0.05, 0) is 54.4 Å². The fraction of sp³-hybridized carbons (Fsp3) is 0.273. The summed E-state index contributed by atoms with van der Waals surface area (Å²) in [7, 11) is -3.87. The third kappa shape index (κ3) is 3.34. The molecule has 1 aromatic carbocycles. The van der Waals surface area contributed by atoms with E-state index in [0.717, 1.165) is 12.1 Å². The smallest absolute Gasteiger partial charge is 0.258 e. The molecule has 9 heteroatoms. The lowest BCUT2D eigenvalue weighted by molar-refractivity contribution is -0.385. The van der Waals surface area contributed by atoms with Gasteiger partial charge in [-0.25, -0.2) is 13.1 Å². The Morgan fingerprint density at radius 3 is 2.20 bits per heavy atom. The first kappa shape index (κ1) is 16.6. The lowest BCUT2D eigenvalue weighted by Gasteiger charge is -2.09. The first-order chi connectivity index (χ1) is 9.24. The Hall–Kier alpha value is -1.47. The van der Waals surface area contributed by atoms with Crippen LogP contribution in [0.2, 0.25) is 0 Å². The Bertz CT molecular complexity index is 820. The minimum Gasteiger partial charge on any atom is -0.258 e. The highest BCUT2D eigenvalue weighted by atomic mass is 32.2. The summed E-state index contributed by atoms with van der Waals surface area (Å²) >= 11 is 9.23. The van der Waals surface area contributed by atoms with Crippen LogP contribution in [-0.4, -0.2) is 29.4 Å². The number of sulfonamides is 1. The van der Waals surface area contributed by atoms with Gasteiger partial charge in [0.2, 0.25) is 10.0 Å². The molecule has 106 valence electrons. The number of benzene rings is 1. The Morgan fingerprint density at radius 1 is 1.25 bits per heavy atom. The molecule has 0 atom stereocenters. The summed E-state index contributed by atoms with van der Waals surface area (Å²) in [6.45, 7) is 3.30. The van der Waals surface area contributed by atoms with Crippen LogP contribution in [0.5, 0.6) is 0 Å². The van der Waals surface area contributed by atoms with Crippen LogP contribution < -0.4 is 15.2 Å². The van der Waals surface area contributed by atoms with E-state index >= 15 is 0 Å². The average Bonchev–Trinajstić information content (AvgIpc) is 2.34. The van der Waals surface area contributed by atoms with Gasteiger partial charge in [-0.15, -0.1) is 0 Å². The minimum absolute atomic E-state index is 0.127. The second kappa shape index (κ2) is 6.32. The molecule has 0 amide bonds. The van der Waals surface area contributed by atoms with E-state index in [1.54, 1.807) is 13.8 Å². The molecular weight excluding hydrogens is 320 g/mol. The number of rotatable bonds is 4. The van der Waals surface area contributed by atoms with Gasteiger partial charge in [0.15, 0.2) is 0 Å². The number of hydrogen-bond acceptors (Lipinski definition) is 6. The van der Waals surface area contributed by atoms with Gasteiger partial charge in [0.25, 0.3) is 5.69 Å². The summed E-state index contributed by atoms with van der Waals surface area (Å²) in [4.78, 5) is 9.99. The quantitative estimate of drug-likeness (QED) is 0.468. The molecule has 0 spiro atoms. The van der Waals surface area contributed by atoms with Crippen LogP contribution in [-0.2, 0) is 10.0 Å². The Morgan fingerprint density at radius 2 is 1.80 bits per heavy atom. The van der Waals surface area contributed by atoms with Gasteiger partial charge >= 0.3 is 0 Å². The van der Waals surface area contributed by atoms with Crippen LogP contribution in [0.15, 0.2) is 17.0 Å². The topological polar surface area (TPSA) is 89.3 Å². The zero-order chi connectivity index (χ0) is 15.5. The van der Waals surface area contributed by atoms with Crippen molar-refractivity contribution in [1.29, 1.82) is 0 Å². The SMILES string of the molecule is CC(C)NS(=O)(=O)c1ccc([N+](=O)[O-])c(=C=S)c1=C=S. The molecule has 1 rings (SSSR count). The standard InChI is InChI=1S/C11H10N2O4S3/c1-7(2)12-20(16,17)11-4-3-10(13(14)15)8(5-18)9(11)6-19/h3-4,7,12H,1-2H3. The van der Waals surface area contributed by atoms with Gasteiger partial charge in [-0.2, -0.15) is 0 Å². The maximum Gasteiger partial charge on any atom is 0.286 e. The fourth-order valence-corrected chi connectivity index (χ4v) is 3.43. The monoisotopic (exact) mass is 330 g/mol. The Kier molecular flexibility index (Phi) is 5.24. The normalized spacial score (nSPS) is 10.9. The van der Waals surface area contributed by atoms with Gasteiger partial charge in [0.05, 0.1) is 15.0 Å². The molecular formula is C11H10N2O4S3. The number of nitrogens with one attached hydrogen (secondary N) is 1. The van der Waals surface area contributed by atoms with Crippen LogP contribution in [0.1, 0.15) is 13.8 Å². The second-order valence-electron chi connectivity index (χ2n) is 4.07. The maximum atomic E-state index is 12.1. The summed E-state index contributed by atoms with van der Waals surface area (Å²) in [6, 6.07) is 1.82. The molecule has 6 nitrogen and oxygen atoms in total. The molecule has 0 aromatic heterocycles. The van der Waals surface area contributed by atoms with E-state index in [1.807, 2.05) is 0 Å². The highest BCUT2D eigenvalue weighted by molar-refractivity contribution is 7.89. The van der Waals surface area contributed by atoms with Crippen molar-refractivity contribution in [2.24, 2.45) is 0 Å². The van der Waals surface area contributed by atoms with E-state index in [2.05, 4.69) is 39.2 Å². The summed E-state index contributed by atoms with van der Waals surface area (Å²) in [5.74, 6) is 0. The van der Waals surface area contributed by atoms with E-state index < -0.39 is 14.9 Å². The molecule has 0 aliphatic heterocycles. The number of nitrogens with zero attached hydrogens (tertiary/aromatic N) is 1. The first-order valence-electron chi connectivity index (χ1n) is 5.34.